The Morgan fingerprint density at radius 2 is 1.16 bits per heavy atom. The van der Waals surface area contributed by atoms with Gasteiger partial charge in [0.1, 0.15) is 6.10 Å². The van der Waals surface area contributed by atoms with Gasteiger partial charge in [-0.25, -0.2) is 0 Å². The molecule has 0 aliphatic heterocycles. The highest BCUT2D eigenvalue weighted by Gasteiger charge is 2.27. The van der Waals surface area contributed by atoms with E-state index in [1.165, 1.54) is 83.1 Å². The molecule has 4 N–H and O–H groups in total. The number of amides is 1. The van der Waals surface area contributed by atoms with Gasteiger partial charge in [-0.05, 0) is 19.3 Å². The van der Waals surface area contributed by atoms with Crippen molar-refractivity contribution in [2.75, 3.05) is 5.75 Å². The molecule has 0 bridgehead atoms. The first-order valence-corrected chi connectivity index (χ1v) is 16.6. The first-order valence-electron chi connectivity index (χ1n) is 15.0. The van der Waals surface area contributed by atoms with Crippen LogP contribution in [0.4, 0.5) is 0 Å². The monoisotopic (exact) mass is 547 g/mol. The van der Waals surface area contributed by atoms with Crippen LogP contribution in [0, 0.1) is 0 Å². The number of carbonyl (C=O) groups is 1. The van der Waals surface area contributed by atoms with Crippen molar-refractivity contribution in [3.05, 3.63) is 12.2 Å². The number of hydrogen-bond donors (Lipinski definition) is 4. The Bertz CT molecular complexity index is 667. The van der Waals surface area contributed by atoms with E-state index in [9.17, 15) is 28.0 Å². The second-order valence-corrected chi connectivity index (χ2v) is 12.0. The van der Waals surface area contributed by atoms with Crippen molar-refractivity contribution in [3.63, 3.8) is 0 Å². The molecule has 0 aliphatic rings. The maximum atomic E-state index is 12.4. The van der Waals surface area contributed by atoms with Gasteiger partial charge in [0.2, 0.25) is 5.91 Å². The summed E-state index contributed by atoms with van der Waals surface area (Å²) in [5, 5.41) is 23.1. The van der Waals surface area contributed by atoms with Crippen molar-refractivity contribution < 1.29 is 28.0 Å². The summed E-state index contributed by atoms with van der Waals surface area (Å²) < 4.78 is 32.1. The van der Waals surface area contributed by atoms with Gasteiger partial charge >= 0.3 is 0 Å². The van der Waals surface area contributed by atoms with E-state index >= 15 is 0 Å². The van der Waals surface area contributed by atoms with Crippen LogP contribution in [0.25, 0.3) is 0 Å². The molecule has 0 aliphatic carbocycles. The van der Waals surface area contributed by atoms with Gasteiger partial charge < -0.3 is 15.5 Å². The normalized spacial score (nSPS) is 14.6. The van der Waals surface area contributed by atoms with Gasteiger partial charge in [-0.3, -0.25) is 9.35 Å². The number of aliphatic hydroxyl groups excluding tert-OH is 2. The molecular weight excluding hydrogens is 490 g/mol. The minimum Gasteiger partial charge on any atom is -0.387 e. The van der Waals surface area contributed by atoms with Crippen molar-refractivity contribution in [3.8, 4) is 0 Å². The number of carbonyl (C=O) groups excluding carboxylic acids is 1. The van der Waals surface area contributed by atoms with Gasteiger partial charge in [0.15, 0.2) is 0 Å². The molecule has 7 nitrogen and oxygen atoms in total. The van der Waals surface area contributed by atoms with Crippen LogP contribution in [0.1, 0.15) is 142 Å². The minimum atomic E-state index is -4.42. The third-order valence-electron chi connectivity index (χ3n) is 6.82. The summed E-state index contributed by atoms with van der Waals surface area (Å²) in [6.07, 6.45) is 22.8. The van der Waals surface area contributed by atoms with Crippen LogP contribution in [0.3, 0.4) is 0 Å². The Morgan fingerprint density at radius 1 is 0.730 bits per heavy atom. The van der Waals surface area contributed by atoms with E-state index < -0.39 is 40.0 Å². The Labute approximate surface area is 227 Å². The predicted molar refractivity (Wildman–Crippen MR) is 153 cm³/mol. The van der Waals surface area contributed by atoms with Crippen LogP contribution in [-0.4, -0.2) is 53.1 Å². The van der Waals surface area contributed by atoms with Crippen molar-refractivity contribution in [2.24, 2.45) is 0 Å². The molecule has 0 spiro atoms. The van der Waals surface area contributed by atoms with Gasteiger partial charge in [0.05, 0.1) is 17.9 Å². The van der Waals surface area contributed by atoms with Crippen LogP contribution in [-0.2, 0) is 14.9 Å². The fraction of sp³-hybridized carbons (Fsp3) is 0.897. The fourth-order valence-corrected chi connectivity index (χ4v) is 5.19. The van der Waals surface area contributed by atoms with Crippen LogP contribution >= 0.6 is 0 Å². The number of nitrogens with one attached hydrogen (secondary N) is 1. The molecule has 8 heteroatoms. The molecule has 3 atom stereocenters. The minimum absolute atomic E-state index is 0.283. The van der Waals surface area contributed by atoms with Gasteiger partial charge in [-0.15, -0.1) is 0 Å². The molecule has 37 heavy (non-hydrogen) atoms. The molecule has 0 rings (SSSR count). The summed E-state index contributed by atoms with van der Waals surface area (Å²) in [4.78, 5) is 12.4. The van der Waals surface area contributed by atoms with Crippen LogP contribution in [0.5, 0.6) is 0 Å². The van der Waals surface area contributed by atoms with Crippen molar-refractivity contribution in [1.29, 1.82) is 0 Å². The van der Waals surface area contributed by atoms with Crippen molar-refractivity contribution >= 4 is 16.0 Å². The van der Waals surface area contributed by atoms with E-state index in [0.717, 1.165) is 38.5 Å². The quantitative estimate of drug-likeness (QED) is 0.0558. The van der Waals surface area contributed by atoms with E-state index in [0.29, 0.717) is 6.42 Å². The molecule has 0 saturated carbocycles. The molecule has 0 aromatic heterocycles. The number of allylic oxidation sites excluding steroid dienone is 1. The number of aliphatic hydroxyl groups is 2. The van der Waals surface area contributed by atoms with Gasteiger partial charge in [-0.2, -0.15) is 8.42 Å². The van der Waals surface area contributed by atoms with E-state index in [1.807, 2.05) is 0 Å². The number of rotatable bonds is 26. The molecule has 0 fully saturated rings. The average Bonchev–Trinajstić information content (AvgIpc) is 2.84. The standard InChI is InChI=1S/C29H57NO6S/c1-3-5-7-9-11-13-14-16-18-20-22-24-28(32)29(33)30-26(25-37(34,35)36)27(31)23-21-19-17-15-12-10-8-6-4-2/h21,23,26-28,31-32H,3-20,22,24-25H2,1-2H3,(H,30,33)(H,34,35,36)/b23-21+. The van der Waals surface area contributed by atoms with E-state index in [2.05, 4.69) is 19.2 Å². The average molecular weight is 548 g/mol. The Balaban J connectivity index is 4.26. The molecule has 3 unspecified atom stereocenters. The first kappa shape index (κ1) is 36.0. The molecule has 220 valence electrons. The Hall–Kier alpha value is -0.960. The lowest BCUT2D eigenvalue weighted by atomic mass is 10.0. The van der Waals surface area contributed by atoms with Crippen molar-refractivity contribution in [1.82, 2.24) is 5.32 Å². The maximum Gasteiger partial charge on any atom is 0.267 e. The zero-order chi connectivity index (χ0) is 27.8. The number of hydrogen-bond acceptors (Lipinski definition) is 5. The lowest BCUT2D eigenvalue weighted by molar-refractivity contribution is -0.130. The lowest BCUT2D eigenvalue weighted by Crippen LogP contribution is -2.50. The predicted octanol–water partition coefficient (Wildman–Crippen LogP) is 6.48. The van der Waals surface area contributed by atoms with Crippen LogP contribution < -0.4 is 5.32 Å². The highest BCUT2D eigenvalue weighted by atomic mass is 32.2. The summed E-state index contributed by atoms with van der Waals surface area (Å²) in [6.45, 7) is 4.41. The topological polar surface area (TPSA) is 124 Å². The van der Waals surface area contributed by atoms with Gasteiger partial charge in [-0.1, -0.05) is 135 Å². The molecule has 0 heterocycles. The SMILES string of the molecule is CCCCCCCCC/C=C/C(O)C(CS(=O)(=O)O)NC(=O)C(O)CCCCCCCCCCCCC. The second kappa shape index (κ2) is 24.1. The molecule has 0 radical (unpaired) electrons. The molecular formula is C29H57NO6S. The van der Waals surface area contributed by atoms with E-state index in [4.69, 9.17) is 0 Å². The van der Waals surface area contributed by atoms with Crippen molar-refractivity contribution in [2.45, 2.75) is 161 Å². The highest BCUT2D eigenvalue weighted by molar-refractivity contribution is 7.85. The zero-order valence-corrected chi connectivity index (χ0v) is 24.5. The lowest BCUT2D eigenvalue weighted by Gasteiger charge is -2.22. The van der Waals surface area contributed by atoms with Crippen LogP contribution in [0.15, 0.2) is 12.2 Å². The third kappa shape index (κ3) is 23.9. The zero-order valence-electron chi connectivity index (χ0n) is 23.7. The Morgan fingerprint density at radius 3 is 1.62 bits per heavy atom. The molecule has 1 amide bonds. The third-order valence-corrected chi connectivity index (χ3v) is 7.60. The highest BCUT2D eigenvalue weighted by Crippen LogP contribution is 2.13. The summed E-state index contributed by atoms with van der Waals surface area (Å²) in [6, 6.07) is -1.22. The van der Waals surface area contributed by atoms with E-state index in [1.54, 1.807) is 6.08 Å². The summed E-state index contributed by atoms with van der Waals surface area (Å²) in [5.41, 5.74) is 0. The van der Waals surface area contributed by atoms with Gasteiger partial charge in [0, 0.05) is 0 Å². The maximum absolute atomic E-state index is 12.4. The fourth-order valence-electron chi connectivity index (χ4n) is 4.45. The molecule has 0 saturated heterocycles. The van der Waals surface area contributed by atoms with Crippen LogP contribution in [0.2, 0.25) is 0 Å². The molecule has 0 aromatic carbocycles. The smallest absolute Gasteiger partial charge is 0.267 e. The van der Waals surface area contributed by atoms with E-state index in [-0.39, 0.29) is 6.42 Å². The van der Waals surface area contributed by atoms with Gasteiger partial charge in [0.25, 0.3) is 10.1 Å². The summed E-state index contributed by atoms with van der Waals surface area (Å²) >= 11 is 0. The Kier molecular flexibility index (Phi) is 23.5. The summed E-state index contributed by atoms with van der Waals surface area (Å²) in [7, 11) is -4.42. The first-order chi connectivity index (χ1) is 17.7. The molecule has 0 aromatic rings. The number of unbranched alkanes of at least 4 members (excludes halogenated alkanes) is 17. The largest absolute Gasteiger partial charge is 0.387 e. The summed E-state index contributed by atoms with van der Waals surface area (Å²) in [5.74, 6) is -1.53. The second-order valence-electron chi connectivity index (χ2n) is 10.5.